The fourth-order valence-corrected chi connectivity index (χ4v) is 4.38. The first-order chi connectivity index (χ1) is 15.4. The van der Waals surface area contributed by atoms with E-state index in [0.717, 1.165) is 25.1 Å². The highest BCUT2D eigenvalue weighted by Crippen LogP contribution is 2.25. The van der Waals surface area contributed by atoms with Gasteiger partial charge in [0.15, 0.2) is 0 Å². The molecular formula is C25H26ClN3O3. The fourth-order valence-electron chi connectivity index (χ4n) is 4.25. The van der Waals surface area contributed by atoms with Gasteiger partial charge in [0.2, 0.25) is 11.8 Å². The molecule has 0 bridgehead atoms. The van der Waals surface area contributed by atoms with Gasteiger partial charge in [0, 0.05) is 23.7 Å². The first kappa shape index (κ1) is 22.1. The van der Waals surface area contributed by atoms with Gasteiger partial charge in [-0.25, -0.2) is 4.98 Å². The number of carbonyl (C=O) groups is 2. The molecule has 1 fully saturated rings. The maximum absolute atomic E-state index is 13.2. The molecule has 1 aromatic heterocycles. The number of rotatable bonds is 5. The van der Waals surface area contributed by atoms with Crippen molar-refractivity contribution in [2.75, 3.05) is 18.4 Å². The van der Waals surface area contributed by atoms with Crippen molar-refractivity contribution in [1.82, 2.24) is 9.88 Å². The lowest BCUT2D eigenvalue weighted by Gasteiger charge is -2.35. The summed E-state index contributed by atoms with van der Waals surface area (Å²) < 4.78 is 5.51. The number of para-hydroxylation sites is 1. The summed E-state index contributed by atoms with van der Waals surface area (Å²) in [6.45, 7) is 5.80. The minimum absolute atomic E-state index is 0.0391. The van der Waals surface area contributed by atoms with Crippen molar-refractivity contribution in [3.63, 3.8) is 0 Å². The van der Waals surface area contributed by atoms with Crippen molar-refractivity contribution >= 4 is 29.1 Å². The van der Waals surface area contributed by atoms with Crippen LogP contribution in [0, 0.1) is 11.8 Å². The van der Waals surface area contributed by atoms with Crippen LogP contribution < -0.4 is 5.32 Å². The number of aromatic nitrogens is 1. The topological polar surface area (TPSA) is 75.4 Å². The lowest BCUT2D eigenvalue weighted by atomic mass is 9.91. The molecule has 7 heteroatoms. The monoisotopic (exact) mass is 451 g/mol. The van der Waals surface area contributed by atoms with Gasteiger partial charge in [0.1, 0.15) is 6.26 Å². The molecule has 32 heavy (non-hydrogen) atoms. The van der Waals surface area contributed by atoms with E-state index in [4.69, 9.17) is 16.0 Å². The van der Waals surface area contributed by atoms with Crippen LogP contribution in [0.4, 0.5) is 5.69 Å². The molecular weight excluding hydrogens is 426 g/mol. The SMILES string of the molecule is CC1CC(C)CN(C(=O)c2ccccc2NC(=O)Cc2coc(-c3ccc(Cl)cc3)n2)C1. The van der Waals surface area contributed by atoms with Crippen LogP contribution in [0.5, 0.6) is 0 Å². The lowest BCUT2D eigenvalue weighted by molar-refractivity contribution is -0.115. The van der Waals surface area contributed by atoms with Crippen molar-refractivity contribution in [1.29, 1.82) is 0 Å². The Kier molecular flexibility index (Phi) is 6.61. The second-order valence-electron chi connectivity index (χ2n) is 8.58. The number of amides is 2. The van der Waals surface area contributed by atoms with Crippen LogP contribution >= 0.6 is 11.6 Å². The van der Waals surface area contributed by atoms with E-state index >= 15 is 0 Å². The highest BCUT2D eigenvalue weighted by Gasteiger charge is 2.27. The maximum atomic E-state index is 13.2. The van der Waals surface area contributed by atoms with Crippen molar-refractivity contribution in [3.8, 4) is 11.5 Å². The number of oxazole rings is 1. The van der Waals surface area contributed by atoms with E-state index in [1.165, 1.54) is 6.26 Å². The zero-order chi connectivity index (χ0) is 22.7. The molecule has 166 valence electrons. The summed E-state index contributed by atoms with van der Waals surface area (Å²) in [6.07, 6.45) is 2.63. The standard InChI is InChI=1S/C25H26ClN3O3/c1-16-11-17(2)14-29(13-16)25(31)21-5-3-4-6-22(21)28-23(30)12-20-15-32-24(27-20)18-7-9-19(26)10-8-18/h3-10,15-17H,11-14H2,1-2H3,(H,28,30). The molecule has 2 unspecified atom stereocenters. The summed E-state index contributed by atoms with van der Waals surface area (Å²) in [5, 5.41) is 3.50. The second kappa shape index (κ2) is 9.57. The van der Waals surface area contributed by atoms with E-state index in [2.05, 4.69) is 24.1 Å². The second-order valence-corrected chi connectivity index (χ2v) is 9.01. The van der Waals surface area contributed by atoms with E-state index in [-0.39, 0.29) is 18.2 Å². The average Bonchev–Trinajstić information content (AvgIpc) is 3.21. The molecule has 1 N–H and O–H groups in total. The fraction of sp³-hybridized carbons (Fsp3) is 0.320. The first-order valence-corrected chi connectivity index (χ1v) is 11.2. The molecule has 0 radical (unpaired) electrons. The molecule has 1 aliphatic rings. The summed E-state index contributed by atoms with van der Waals surface area (Å²) >= 11 is 5.92. The number of hydrogen-bond donors (Lipinski definition) is 1. The Labute approximate surface area is 192 Å². The summed E-state index contributed by atoms with van der Waals surface area (Å²) in [4.78, 5) is 32.1. The van der Waals surface area contributed by atoms with E-state index in [1.54, 1.807) is 24.3 Å². The third-order valence-electron chi connectivity index (χ3n) is 5.57. The molecule has 3 aromatic rings. The van der Waals surface area contributed by atoms with Gasteiger partial charge in [-0.1, -0.05) is 37.6 Å². The highest BCUT2D eigenvalue weighted by atomic mass is 35.5. The number of hydrogen-bond acceptors (Lipinski definition) is 4. The molecule has 1 saturated heterocycles. The number of likely N-dealkylation sites (tertiary alicyclic amines) is 1. The van der Waals surface area contributed by atoms with E-state index in [1.807, 2.05) is 29.2 Å². The zero-order valence-corrected chi connectivity index (χ0v) is 18.9. The van der Waals surface area contributed by atoms with Crippen molar-refractivity contribution in [2.45, 2.75) is 26.7 Å². The Morgan fingerprint density at radius 1 is 1.09 bits per heavy atom. The Hall–Kier alpha value is -3.12. The van der Waals surface area contributed by atoms with Gasteiger partial charge in [-0.05, 0) is 54.7 Å². The summed E-state index contributed by atoms with van der Waals surface area (Å²) in [5.74, 6) is 1.04. The van der Waals surface area contributed by atoms with Crippen LogP contribution in [-0.2, 0) is 11.2 Å². The molecule has 2 atom stereocenters. The number of piperidine rings is 1. The number of carbonyl (C=O) groups excluding carboxylic acids is 2. The van der Waals surface area contributed by atoms with Crippen LogP contribution in [0.15, 0.2) is 59.2 Å². The van der Waals surface area contributed by atoms with Crippen molar-refractivity contribution in [2.24, 2.45) is 11.8 Å². The predicted molar refractivity (Wildman–Crippen MR) is 125 cm³/mol. The highest BCUT2D eigenvalue weighted by molar-refractivity contribution is 6.30. The largest absolute Gasteiger partial charge is 0.444 e. The number of halogens is 1. The van der Waals surface area contributed by atoms with Crippen LogP contribution in [0.2, 0.25) is 5.02 Å². The van der Waals surface area contributed by atoms with E-state index in [0.29, 0.717) is 39.7 Å². The minimum Gasteiger partial charge on any atom is -0.444 e. The summed E-state index contributed by atoms with van der Waals surface area (Å²) in [7, 11) is 0. The molecule has 2 aromatic carbocycles. The first-order valence-electron chi connectivity index (χ1n) is 10.8. The smallest absolute Gasteiger partial charge is 0.255 e. The van der Waals surface area contributed by atoms with Gasteiger partial charge in [0.05, 0.1) is 23.4 Å². The molecule has 4 rings (SSSR count). The van der Waals surface area contributed by atoms with Gasteiger partial charge in [-0.15, -0.1) is 0 Å². The van der Waals surface area contributed by atoms with Gasteiger partial charge in [0.25, 0.3) is 5.91 Å². The normalized spacial score (nSPS) is 18.4. The number of nitrogens with zero attached hydrogens (tertiary/aromatic N) is 2. The average molecular weight is 452 g/mol. The van der Waals surface area contributed by atoms with Crippen LogP contribution in [0.3, 0.4) is 0 Å². The Bertz CT molecular complexity index is 1100. The van der Waals surface area contributed by atoms with E-state index in [9.17, 15) is 9.59 Å². The number of nitrogens with one attached hydrogen (secondary N) is 1. The molecule has 2 amide bonds. The lowest BCUT2D eigenvalue weighted by Crippen LogP contribution is -2.42. The number of anilines is 1. The molecule has 0 spiro atoms. The Morgan fingerprint density at radius 2 is 1.78 bits per heavy atom. The van der Waals surface area contributed by atoms with Gasteiger partial charge in [-0.3, -0.25) is 9.59 Å². The number of benzene rings is 2. The molecule has 0 saturated carbocycles. The molecule has 0 aliphatic carbocycles. The van der Waals surface area contributed by atoms with Crippen molar-refractivity contribution in [3.05, 3.63) is 71.1 Å². The maximum Gasteiger partial charge on any atom is 0.255 e. The van der Waals surface area contributed by atoms with Gasteiger partial charge in [-0.2, -0.15) is 0 Å². The minimum atomic E-state index is -0.262. The van der Waals surface area contributed by atoms with Gasteiger partial charge >= 0.3 is 0 Å². The van der Waals surface area contributed by atoms with Crippen LogP contribution in [-0.4, -0.2) is 34.8 Å². The predicted octanol–water partition coefficient (Wildman–Crippen LogP) is 5.29. The van der Waals surface area contributed by atoms with Crippen LogP contribution in [0.25, 0.3) is 11.5 Å². The van der Waals surface area contributed by atoms with Crippen LogP contribution in [0.1, 0.15) is 36.3 Å². The van der Waals surface area contributed by atoms with Crippen molar-refractivity contribution < 1.29 is 14.0 Å². The summed E-state index contributed by atoms with van der Waals surface area (Å²) in [5.41, 5.74) is 2.30. The third-order valence-corrected chi connectivity index (χ3v) is 5.82. The molecule has 6 nitrogen and oxygen atoms in total. The molecule has 1 aliphatic heterocycles. The molecule has 2 heterocycles. The zero-order valence-electron chi connectivity index (χ0n) is 18.2. The van der Waals surface area contributed by atoms with E-state index < -0.39 is 0 Å². The van der Waals surface area contributed by atoms with Gasteiger partial charge < -0.3 is 14.6 Å². The Morgan fingerprint density at radius 3 is 2.50 bits per heavy atom. The summed E-state index contributed by atoms with van der Waals surface area (Å²) in [6, 6.07) is 14.3. The quantitative estimate of drug-likeness (QED) is 0.571. The Balaban J connectivity index is 1.44. The third kappa shape index (κ3) is 5.19.